The van der Waals surface area contributed by atoms with Crippen molar-refractivity contribution < 1.29 is 4.79 Å². The predicted octanol–water partition coefficient (Wildman–Crippen LogP) is 4.34. The first kappa shape index (κ1) is 19.9. The van der Waals surface area contributed by atoms with E-state index < -0.39 is 0 Å². The van der Waals surface area contributed by atoms with Crippen molar-refractivity contribution >= 4 is 11.7 Å². The van der Waals surface area contributed by atoms with Gasteiger partial charge >= 0.3 is 0 Å². The van der Waals surface area contributed by atoms with Crippen LogP contribution >= 0.6 is 0 Å². The summed E-state index contributed by atoms with van der Waals surface area (Å²) >= 11 is 0. The number of hydrogen-bond acceptors (Lipinski definition) is 4. The van der Waals surface area contributed by atoms with E-state index in [9.17, 15) is 4.79 Å². The minimum atomic E-state index is 0.0390. The number of piperidine rings is 2. The number of carbonyl (C=O) groups is 1. The Morgan fingerprint density at radius 2 is 1.76 bits per heavy atom. The van der Waals surface area contributed by atoms with E-state index in [1.807, 2.05) is 17.0 Å². The van der Waals surface area contributed by atoms with Crippen LogP contribution in [0.5, 0.6) is 0 Å². The number of carbonyl (C=O) groups excluding carboxylic acids is 1. The number of rotatable bonds is 5. The molecule has 3 heterocycles. The van der Waals surface area contributed by atoms with Crippen molar-refractivity contribution in [1.29, 1.82) is 0 Å². The van der Waals surface area contributed by atoms with Crippen LogP contribution in [-0.4, -0.2) is 46.7 Å². The van der Waals surface area contributed by atoms with Crippen molar-refractivity contribution in [1.82, 2.24) is 15.1 Å². The van der Waals surface area contributed by atoms with Crippen LogP contribution in [0.2, 0.25) is 0 Å². The topological polar surface area (TPSA) is 49.3 Å². The van der Waals surface area contributed by atoms with E-state index in [1.54, 1.807) is 0 Å². The van der Waals surface area contributed by atoms with Crippen LogP contribution in [0.25, 0.3) is 0 Å². The van der Waals surface area contributed by atoms with Crippen LogP contribution in [0.4, 0.5) is 5.82 Å². The Labute approximate surface area is 174 Å². The first-order valence-electron chi connectivity index (χ1n) is 11.2. The van der Waals surface area contributed by atoms with Gasteiger partial charge in [0.05, 0.1) is 0 Å². The average Bonchev–Trinajstić information content (AvgIpc) is 2.80. The Morgan fingerprint density at radius 3 is 2.45 bits per heavy atom. The second kappa shape index (κ2) is 9.38. The Morgan fingerprint density at radius 1 is 0.966 bits per heavy atom. The summed E-state index contributed by atoms with van der Waals surface area (Å²) in [5.74, 6) is 1.66. The van der Waals surface area contributed by atoms with Crippen molar-refractivity contribution in [2.24, 2.45) is 5.92 Å². The lowest BCUT2D eigenvalue weighted by molar-refractivity contribution is 0.0600. The number of likely N-dealkylation sites (tertiary alicyclic amines) is 1. The highest BCUT2D eigenvalue weighted by Crippen LogP contribution is 2.25. The number of hydrogen-bond donors (Lipinski definition) is 0. The molecule has 154 valence electrons. The molecule has 2 aliphatic heterocycles. The van der Waals surface area contributed by atoms with Gasteiger partial charge in [-0.2, -0.15) is 0 Å². The van der Waals surface area contributed by atoms with E-state index in [4.69, 9.17) is 0 Å². The summed E-state index contributed by atoms with van der Waals surface area (Å²) in [6.45, 7) is 5.01. The van der Waals surface area contributed by atoms with Gasteiger partial charge in [0.2, 0.25) is 0 Å². The standard InChI is InChI=1S/C24H32N4O/c1-2-21-10-6-7-15-28(21)24(29)22-11-12-23(26-25-22)27-16-13-20(14-17-27)18-19-8-4-3-5-9-19/h3-5,8-9,11-12,20-21H,2,6-7,10,13-18H2,1H3. The highest BCUT2D eigenvalue weighted by Gasteiger charge is 2.27. The molecule has 1 aromatic carbocycles. The van der Waals surface area contributed by atoms with Gasteiger partial charge in [-0.3, -0.25) is 4.79 Å². The van der Waals surface area contributed by atoms with E-state index in [0.717, 1.165) is 57.1 Å². The van der Waals surface area contributed by atoms with Crippen molar-refractivity contribution in [3.63, 3.8) is 0 Å². The summed E-state index contributed by atoms with van der Waals surface area (Å²) in [5, 5.41) is 8.71. The van der Waals surface area contributed by atoms with E-state index in [0.29, 0.717) is 11.7 Å². The number of amides is 1. The Hall–Kier alpha value is -2.43. The van der Waals surface area contributed by atoms with Gasteiger partial charge in [0.15, 0.2) is 11.5 Å². The third kappa shape index (κ3) is 4.77. The molecular formula is C24H32N4O. The molecule has 2 saturated heterocycles. The molecule has 0 radical (unpaired) electrons. The molecule has 5 nitrogen and oxygen atoms in total. The quantitative estimate of drug-likeness (QED) is 0.759. The van der Waals surface area contributed by atoms with Gasteiger partial charge in [-0.25, -0.2) is 0 Å². The van der Waals surface area contributed by atoms with Crippen molar-refractivity contribution in [3.05, 3.63) is 53.7 Å². The molecule has 0 N–H and O–H groups in total. The number of nitrogens with zero attached hydrogens (tertiary/aromatic N) is 4. The first-order valence-corrected chi connectivity index (χ1v) is 11.2. The summed E-state index contributed by atoms with van der Waals surface area (Å²) in [4.78, 5) is 17.2. The van der Waals surface area contributed by atoms with Gasteiger partial charge in [-0.05, 0) is 68.6 Å². The lowest BCUT2D eigenvalue weighted by Crippen LogP contribution is -2.43. The second-order valence-corrected chi connectivity index (χ2v) is 8.45. The van der Waals surface area contributed by atoms with Gasteiger partial charge in [-0.1, -0.05) is 37.3 Å². The molecule has 2 fully saturated rings. The van der Waals surface area contributed by atoms with Crippen LogP contribution in [0.3, 0.4) is 0 Å². The highest BCUT2D eigenvalue weighted by molar-refractivity contribution is 5.92. The van der Waals surface area contributed by atoms with Crippen molar-refractivity contribution in [3.8, 4) is 0 Å². The Kier molecular flexibility index (Phi) is 6.43. The highest BCUT2D eigenvalue weighted by atomic mass is 16.2. The van der Waals surface area contributed by atoms with Gasteiger partial charge in [0.25, 0.3) is 5.91 Å². The molecular weight excluding hydrogens is 360 g/mol. The van der Waals surface area contributed by atoms with Crippen LogP contribution in [-0.2, 0) is 6.42 Å². The van der Waals surface area contributed by atoms with E-state index >= 15 is 0 Å². The fraction of sp³-hybridized carbons (Fsp3) is 0.542. The molecule has 1 aromatic heterocycles. The van der Waals surface area contributed by atoms with Crippen LogP contribution < -0.4 is 4.90 Å². The molecule has 0 saturated carbocycles. The zero-order chi connectivity index (χ0) is 20.1. The molecule has 29 heavy (non-hydrogen) atoms. The minimum Gasteiger partial charge on any atom is -0.355 e. The van der Waals surface area contributed by atoms with Crippen LogP contribution in [0.15, 0.2) is 42.5 Å². The molecule has 2 aromatic rings. The normalized spacial score (nSPS) is 20.7. The van der Waals surface area contributed by atoms with Crippen molar-refractivity contribution in [2.75, 3.05) is 24.5 Å². The number of aromatic nitrogens is 2. The molecule has 5 heteroatoms. The maximum Gasteiger partial charge on any atom is 0.274 e. The molecule has 0 bridgehead atoms. The third-order valence-corrected chi connectivity index (χ3v) is 6.53. The largest absolute Gasteiger partial charge is 0.355 e. The molecule has 4 rings (SSSR count). The van der Waals surface area contributed by atoms with Gasteiger partial charge in [-0.15, -0.1) is 10.2 Å². The molecule has 0 spiro atoms. The molecule has 0 aliphatic carbocycles. The fourth-order valence-corrected chi connectivity index (χ4v) is 4.76. The predicted molar refractivity (Wildman–Crippen MR) is 116 cm³/mol. The summed E-state index contributed by atoms with van der Waals surface area (Å²) in [5.41, 5.74) is 1.91. The van der Waals surface area contributed by atoms with E-state index in [-0.39, 0.29) is 5.91 Å². The Balaban J connectivity index is 1.33. The zero-order valence-corrected chi connectivity index (χ0v) is 17.5. The zero-order valence-electron chi connectivity index (χ0n) is 17.5. The second-order valence-electron chi connectivity index (χ2n) is 8.45. The lowest BCUT2D eigenvalue weighted by atomic mass is 9.90. The van der Waals surface area contributed by atoms with Crippen molar-refractivity contribution in [2.45, 2.75) is 57.9 Å². The molecule has 1 unspecified atom stereocenters. The molecule has 1 amide bonds. The maximum absolute atomic E-state index is 12.9. The third-order valence-electron chi connectivity index (χ3n) is 6.53. The summed E-state index contributed by atoms with van der Waals surface area (Å²) in [7, 11) is 0. The van der Waals surface area contributed by atoms with E-state index in [1.165, 1.54) is 24.8 Å². The van der Waals surface area contributed by atoms with E-state index in [2.05, 4.69) is 52.4 Å². The monoisotopic (exact) mass is 392 g/mol. The lowest BCUT2D eigenvalue weighted by Gasteiger charge is -2.35. The Bertz CT molecular complexity index is 784. The fourth-order valence-electron chi connectivity index (χ4n) is 4.76. The molecule has 2 aliphatic rings. The van der Waals surface area contributed by atoms with Gasteiger partial charge in [0.1, 0.15) is 0 Å². The number of anilines is 1. The minimum absolute atomic E-state index is 0.0390. The summed E-state index contributed by atoms with van der Waals surface area (Å²) in [6.07, 6.45) is 7.91. The smallest absolute Gasteiger partial charge is 0.274 e. The van der Waals surface area contributed by atoms with Gasteiger partial charge in [0, 0.05) is 25.7 Å². The van der Waals surface area contributed by atoms with Gasteiger partial charge < -0.3 is 9.80 Å². The summed E-state index contributed by atoms with van der Waals surface area (Å²) in [6, 6.07) is 14.9. The summed E-state index contributed by atoms with van der Waals surface area (Å²) < 4.78 is 0. The maximum atomic E-state index is 12.9. The first-order chi connectivity index (χ1) is 14.2. The average molecular weight is 393 g/mol. The van der Waals surface area contributed by atoms with Crippen LogP contribution in [0.1, 0.15) is 61.5 Å². The number of benzene rings is 1. The van der Waals surface area contributed by atoms with Crippen LogP contribution in [0, 0.1) is 5.92 Å². The SMILES string of the molecule is CCC1CCCCN1C(=O)c1ccc(N2CCC(Cc3ccccc3)CC2)nn1. The molecule has 1 atom stereocenters.